The molecule has 1 aliphatic carbocycles. The van der Waals surface area contributed by atoms with E-state index < -0.39 is 0 Å². The summed E-state index contributed by atoms with van der Waals surface area (Å²) in [5.41, 5.74) is 0.190. The first-order valence-electron chi connectivity index (χ1n) is 5.89. The third-order valence-corrected chi connectivity index (χ3v) is 2.70. The van der Waals surface area contributed by atoms with Crippen molar-refractivity contribution in [3.8, 4) is 0 Å². The average Bonchev–Trinajstić information content (AvgIpc) is 2.75. The molecule has 2 N–H and O–H groups in total. The van der Waals surface area contributed by atoms with Gasteiger partial charge in [-0.05, 0) is 32.2 Å². The van der Waals surface area contributed by atoms with Crippen LogP contribution in [0.1, 0.15) is 39.5 Å². The van der Waals surface area contributed by atoms with Crippen molar-refractivity contribution < 1.29 is 4.42 Å². The van der Waals surface area contributed by atoms with Crippen LogP contribution >= 0.6 is 0 Å². The maximum Gasteiger partial charge on any atom is 0.315 e. The smallest absolute Gasteiger partial charge is 0.315 e. The molecule has 0 bridgehead atoms. The second-order valence-electron chi connectivity index (χ2n) is 5.21. The molecule has 1 heterocycles. The Bertz CT molecular complexity index is 344. The molecule has 0 radical (unpaired) electrons. The van der Waals surface area contributed by atoms with Crippen molar-refractivity contribution in [3.05, 3.63) is 5.89 Å². The van der Waals surface area contributed by atoms with Crippen molar-refractivity contribution >= 4 is 6.01 Å². The minimum atomic E-state index is 0.190. The van der Waals surface area contributed by atoms with E-state index in [-0.39, 0.29) is 5.54 Å². The predicted molar refractivity (Wildman–Crippen MR) is 62.1 cm³/mol. The third-order valence-electron chi connectivity index (χ3n) is 2.70. The normalized spacial score (nSPS) is 17.8. The summed E-state index contributed by atoms with van der Waals surface area (Å²) in [6, 6.07) is 0.543. The summed E-state index contributed by atoms with van der Waals surface area (Å²) in [4.78, 5) is 0. The van der Waals surface area contributed by atoms with Gasteiger partial charge in [0, 0.05) is 5.54 Å². The number of nitrogens with one attached hydrogen (secondary N) is 2. The van der Waals surface area contributed by atoms with Crippen LogP contribution in [-0.2, 0) is 6.54 Å². The zero-order valence-corrected chi connectivity index (χ0v) is 10.2. The number of nitrogens with zero attached hydrogens (tertiary/aromatic N) is 2. The van der Waals surface area contributed by atoms with Crippen LogP contribution in [0.25, 0.3) is 0 Å². The lowest BCUT2D eigenvalue weighted by Crippen LogP contribution is -2.19. The molecule has 2 rings (SSSR count). The maximum absolute atomic E-state index is 5.49. The van der Waals surface area contributed by atoms with Gasteiger partial charge in [0.15, 0.2) is 0 Å². The lowest BCUT2D eigenvalue weighted by Gasteiger charge is -2.07. The lowest BCUT2D eigenvalue weighted by atomic mass is 10.2. The van der Waals surface area contributed by atoms with Crippen LogP contribution < -0.4 is 10.6 Å². The standard InChI is InChI=1S/C11H20N4O/c1-8(2)6-12-7-9-14-15-10(16-9)13-11(3)4-5-11/h8,12H,4-7H2,1-3H3,(H,13,15). The van der Waals surface area contributed by atoms with Crippen LogP contribution in [0.2, 0.25) is 0 Å². The molecule has 1 aromatic rings. The van der Waals surface area contributed by atoms with Gasteiger partial charge < -0.3 is 15.1 Å². The summed E-state index contributed by atoms with van der Waals surface area (Å²) >= 11 is 0. The molecule has 0 aliphatic heterocycles. The van der Waals surface area contributed by atoms with Crippen LogP contribution in [0.3, 0.4) is 0 Å². The number of hydrogen-bond acceptors (Lipinski definition) is 5. The van der Waals surface area contributed by atoms with Crippen molar-refractivity contribution in [2.24, 2.45) is 5.92 Å². The fourth-order valence-electron chi connectivity index (χ4n) is 1.41. The molecule has 5 heteroatoms. The van der Waals surface area contributed by atoms with Crippen LogP contribution in [0.5, 0.6) is 0 Å². The first kappa shape index (κ1) is 11.4. The fraction of sp³-hybridized carbons (Fsp3) is 0.818. The van der Waals surface area contributed by atoms with E-state index in [0.717, 1.165) is 6.54 Å². The van der Waals surface area contributed by atoms with Gasteiger partial charge in [0.25, 0.3) is 0 Å². The summed E-state index contributed by atoms with van der Waals surface area (Å²) in [6.07, 6.45) is 2.35. The largest absolute Gasteiger partial charge is 0.407 e. The van der Waals surface area contributed by atoms with E-state index in [0.29, 0.717) is 24.4 Å². The molecule has 5 nitrogen and oxygen atoms in total. The van der Waals surface area contributed by atoms with Crippen LogP contribution in [-0.4, -0.2) is 22.3 Å². The zero-order chi connectivity index (χ0) is 11.6. The average molecular weight is 224 g/mol. The Morgan fingerprint density at radius 2 is 2.12 bits per heavy atom. The highest BCUT2D eigenvalue weighted by atomic mass is 16.4. The molecule has 0 saturated heterocycles. The zero-order valence-electron chi connectivity index (χ0n) is 10.2. The first-order chi connectivity index (χ1) is 7.57. The Morgan fingerprint density at radius 3 is 2.75 bits per heavy atom. The summed E-state index contributed by atoms with van der Waals surface area (Å²) < 4.78 is 5.49. The summed E-state index contributed by atoms with van der Waals surface area (Å²) in [7, 11) is 0. The van der Waals surface area contributed by atoms with E-state index in [9.17, 15) is 0 Å². The van der Waals surface area contributed by atoms with E-state index in [1.54, 1.807) is 0 Å². The molecule has 16 heavy (non-hydrogen) atoms. The van der Waals surface area contributed by atoms with E-state index >= 15 is 0 Å². The van der Waals surface area contributed by atoms with Gasteiger partial charge in [-0.2, -0.15) is 0 Å². The van der Waals surface area contributed by atoms with Crippen molar-refractivity contribution in [2.45, 2.75) is 45.7 Å². The molecule has 0 atom stereocenters. The summed E-state index contributed by atoms with van der Waals surface area (Å²) in [5, 5.41) is 14.5. The molecular weight excluding hydrogens is 204 g/mol. The topological polar surface area (TPSA) is 63.0 Å². The van der Waals surface area contributed by atoms with Crippen molar-refractivity contribution in [2.75, 3.05) is 11.9 Å². The van der Waals surface area contributed by atoms with E-state index in [2.05, 4.69) is 41.6 Å². The Kier molecular flexibility index (Phi) is 3.14. The minimum Gasteiger partial charge on any atom is -0.407 e. The van der Waals surface area contributed by atoms with E-state index in [1.165, 1.54) is 12.8 Å². The summed E-state index contributed by atoms with van der Waals surface area (Å²) in [5.74, 6) is 1.28. The third kappa shape index (κ3) is 3.20. The van der Waals surface area contributed by atoms with E-state index in [4.69, 9.17) is 4.42 Å². The van der Waals surface area contributed by atoms with E-state index in [1.807, 2.05) is 0 Å². The van der Waals surface area contributed by atoms with Crippen molar-refractivity contribution in [1.82, 2.24) is 15.5 Å². The molecule has 1 saturated carbocycles. The van der Waals surface area contributed by atoms with Gasteiger partial charge in [-0.25, -0.2) is 0 Å². The fourth-order valence-corrected chi connectivity index (χ4v) is 1.41. The highest BCUT2D eigenvalue weighted by Gasteiger charge is 2.38. The van der Waals surface area contributed by atoms with Gasteiger partial charge in [0.2, 0.25) is 5.89 Å². The molecular formula is C11H20N4O. The molecule has 90 valence electrons. The quantitative estimate of drug-likeness (QED) is 0.771. The van der Waals surface area contributed by atoms with Crippen LogP contribution in [0, 0.1) is 5.92 Å². The van der Waals surface area contributed by atoms with Crippen LogP contribution in [0.4, 0.5) is 6.01 Å². The molecule has 0 unspecified atom stereocenters. The number of hydrogen-bond donors (Lipinski definition) is 2. The Balaban J connectivity index is 1.78. The van der Waals surface area contributed by atoms with Gasteiger partial charge in [0.1, 0.15) is 0 Å². The highest BCUT2D eigenvalue weighted by molar-refractivity contribution is 5.28. The predicted octanol–water partition coefficient (Wildman–Crippen LogP) is 1.78. The number of aromatic nitrogens is 2. The van der Waals surface area contributed by atoms with Crippen molar-refractivity contribution in [1.29, 1.82) is 0 Å². The number of anilines is 1. The van der Waals surface area contributed by atoms with Gasteiger partial charge in [-0.15, -0.1) is 5.10 Å². The van der Waals surface area contributed by atoms with Gasteiger partial charge in [0.05, 0.1) is 6.54 Å². The van der Waals surface area contributed by atoms with Crippen molar-refractivity contribution in [3.63, 3.8) is 0 Å². The Hall–Kier alpha value is -1.10. The molecule has 0 aromatic carbocycles. The molecule has 0 amide bonds. The van der Waals surface area contributed by atoms with Gasteiger partial charge in [-0.3, -0.25) is 0 Å². The molecule has 0 spiro atoms. The molecule has 1 aromatic heterocycles. The highest BCUT2D eigenvalue weighted by Crippen LogP contribution is 2.37. The summed E-state index contributed by atoms with van der Waals surface area (Å²) in [6.45, 7) is 8.10. The SMILES string of the molecule is CC(C)CNCc1nnc(NC2(C)CC2)o1. The molecule has 1 aliphatic rings. The Morgan fingerprint density at radius 1 is 1.38 bits per heavy atom. The first-order valence-corrected chi connectivity index (χ1v) is 5.89. The monoisotopic (exact) mass is 224 g/mol. The van der Waals surface area contributed by atoms with Gasteiger partial charge >= 0.3 is 6.01 Å². The minimum absolute atomic E-state index is 0.190. The second kappa shape index (κ2) is 4.41. The second-order valence-corrected chi connectivity index (χ2v) is 5.21. The lowest BCUT2D eigenvalue weighted by molar-refractivity contribution is 0.456. The number of rotatable bonds is 6. The maximum atomic E-state index is 5.49. The van der Waals surface area contributed by atoms with Crippen LogP contribution in [0.15, 0.2) is 4.42 Å². The Labute approximate surface area is 96.0 Å². The molecule has 1 fully saturated rings. The van der Waals surface area contributed by atoms with Gasteiger partial charge in [-0.1, -0.05) is 18.9 Å².